The lowest BCUT2D eigenvalue weighted by Gasteiger charge is -2.30. The van der Waals surface area contributed by atoms with Crippen molar-refractivity contribution in [2.75, 3.05) is 32.1 Å². The number of nitrogens with two attached hydrogens (primary N) is 1. The Bertz CT molecular complexity index is 1030. The second-order valence-corrected chi connectivity index (χ2v) is 7.91. The van der Waals surface area contributed by atoms with Crippen molar-refractivity contribution < 1.29 is 18.7 Å². The van der Waals surface area contributed by atoms with E-state index < -0.39 is 11.1 Å². The lowest BCUT2D eigenvalue weighted by atomic mass is 10.1. The molecule has 1 amide bonds. The third-order valence-corrected chi connectivity index (χ3v) is 6.00. The maximum Gasteiger partial charge on any atom is 0.240 e. The van der Waals surface area contributed by atoms with Crippen LogP contribution in [0, 0.1) is 5.82 Å². The number of hydrogen-bond donors (Lipinski definition) is 1. The molecule has 0 radical (unpaired) electrons. The third-order valence-electron chi connectivity index (χ3n) is 4.80. The van der Waals surface area contributed by atoms with E-state index in [1.54, 1.807) is 17.0 Å². The van der Waals surface area contributed by atoms with Gasteiger partial charge in [0, 0.05) is 13.1 Å². The smallest absolute Gasteiger partial charge is 0.240 e. The summed E-state index contributed by atoms with van der Waals surface area (Å²) in [4.78, 5) is 15.0. The van der Waals surface area contributed by atoms with E-state index in [1.165, 1.54) is 28.6 Å². The number of carbonyl (C=O) groups excluding carboxylic acids is 1. The van der Waals surface area contributed by atoms with Gasteiger partial charge >= 0.3 is 0 Å². The molecule has 3 aromatic rings. The maximum absolute atomic E-state index is 13.8. The largest absolute Gasteiger partial charge is 0.482 e. The highest BCUT2D eigenvalue weighted by Gasteiger charge is 2.30. The number of amides is 1. The number of para-hydroxylation sites is 1. The Morgan fingerprint density at radius 1 is 1.13 bits per heavy atom. The topological polar surface area (TPSA) is 95.5 Å². The number of rotatable bonds is 7. The van der Waals surface area contributed by atoms with E-state index in [9.17, 15) is 9.18 Å². The number of thioether (sulfide) groups is 1. The number of ether oxygens (including phenoxy) is 2. The summed E-state index contributed by atoms with van der Waals surface area (Å²) in [6, 6.07) is 15.6. The van der Waals surface area contributed by atoms with E-state index in [4.69, 9.17) is 15.3 Å². The molecule has 0 aliphatic carbocycles. The number of nitrogens with zero attached hydrogens (tertiary/aromatic N) is 4. The van der Waals surface area contributed by atoms with Gasteiger partial charge in [0.15, 0.2) is 17.4 Å². The van der Waals surface area contributed by atoms with Crippen LogP contribution in [-0.4, -0.2) is 52.0 Å². The monoisotopic (exact) mass is 443 g/mol. The molecule has 10 heteroatoms. The lowest BCUT2D eigenvalue weighted by Crippen LogP contribution is -2.42. The van der Waals surface area contributed by atoms with Gasteiger partial charge in [0.2, 0.25) is 11.1 Å². The Morgan fingerprint density at radius 3 is 2.58 bits per heavy atom. The molecule has 0 saturated carbocycles. The molecule has 1 saturated heterocycles. The van der Waals surface area contributed by atoms with Gasteiger partial charge in [0.25, 0.3) is 0 Å². The minimum absolute atomic E-state index is 0.0355. The van der Waals surface area contributed by atoms with Crippen molar-refractivity contribution in [2.45, 2.75) is 17.0 Å². The van der Waals surface area contributed by atoms with Crippen LogP contribution in [0.25, 0.3) is 0 Å². The molecule has 0 spiro atoms. The first-order valence-electron chi connectivity index (χ1n) is 9.78. The van der Waals surface area contributed by atoms with Crippen LogP contribution in [0.2, 0.25) is 0 Å². The molecule has 1 aliphatic heterocycles. The van der Waals surface area contributed by atoms with Crippen molar-refractivity contribution in [3.05, 3.63) is 71.8 Å². The second-order valence-electron chi connectivity index (χ2n) is 6.83. The highest BCUT2D eigenvalue weighted by molar-refractivity contribution is 8.00. The Kier molecular flexibility index (Phi) is 6.68. The SMILES string of the molecule is Nn1c(COc2ccccc2F)nnc1SC(C(=O)N1CCOCC1)c1ccccc1. The Morgan fingerprint density at radius 2 is 1.84 bits per heavy atom. The summed E-state index contributed by atoms with van der Waals surface area (Å²) in [5, 5.41) is 8.01. The lowest BCUT2D eigenvalue weighted by molar-refractivity contribution is -0.134. The van der Waals surface area contributed by atoms with E-state index in [-0.39, 0.29) is 18.3 Å². The fraction of sp³-hybridized carbons (Fsp3) is 0.286. The zero-order valence-corrected chi connectivity index (χ0v) is 17.5. The van der Waals surface area contributed by atoms with Crippen LogP contribution in [0.15, 0.2) is 59.8 Å². The number of carbonyl (C=O) groups is 1. The summed E-state index contributed by atoms with van der Waals surface area (Å²) in [6.07, 6.45) is 0. The van der Waals surface area contributed by atoms with Gasteiger partial charge in [-0.15, -0.1) is 10.2 Å². The Hall–Kier alpha value is -3.11. The molecule has 1 unspecified atom stereocenters. The second kappa shape index (κ2) is 9.80. The van der Waals surface area contributed by atoms with Crippen molar-refractivity contribution in [1.29, 1.82) is 0 Å². The fourth-order valence-electron chi connectivity index (χ4n) is 3.13. The Labute approximate surface area is 183 Å². The first kappa shape index (κ1) is 21.1. The van der Waals surface area contributed by atoms with E-state index in [0.29, 0.717) is 37.3 Å². The minimum Gasteiger partial charge on any atom is -0.482 e. The first-order valence-corrected chi connectivity index (χ1v) is 10.7. The molecular formula is C21H22FN5O3S. The number of nitrogen functional groups attached to an aromatic ring is 1. The average molecular weight is 444 g/mol. The van der Waals surface area contributed by atoms with Crippen molar-refractivity contribution in [1.82, 2.24) is 19.8 Å². The van der Waals surface area contributed by atoms with E-state index in [0.717, 1.165) is 5.56 Å². The number of hydrogen-bond acceptors (Lipinski definition) is 7. The van der Waals surface area contributed by atoms with Crippen LogP contribution >= 0.6 is 11.8 Å². The summed E-state index contributed by atoms with van der Waals surface area (Å²) in [5.41, 5.74) is 0.844. The third kappa shape index (κ3) is 4.97. The number of morpholine rings is 1. The van der Waals surface area contributed by atoms with Gasteiger partial charge in [0.1, 0.15) is 11.9 Å². The normalized spacial score (nSPS) is 14.9. The standard InChI is InChI=1S/C21H22FN5O3S/c22-16-8-4-5-9-17(16)30-14-18-24-25-21(27(18)23)31-19(15-6-2-1-3-7-15)20(28)26-10-12-29-13-11-26/h1-9,19H,10-14,23H2. The summed E-state index contributed by atoms with van der Waals surface area (Å²) in [5.74, 6) is 6.07. The summed E-state index contributed by atoms with van der Waals surface area (Å²) < 4.78 is 25.9. The van der Waals surface area contributed by atoms with Crippen LogP contribution in [-0.2, 0) is 16.1 Å². The molecule has 4 rings (SSSR count). The van der Waals surface area contributed by atoms with E-state index in [1.807, 2.05) is 30.3 Å². The van der Waals surface area contributed by atoms with Crippen LogP contribution in [0.4, 0.5) is 4.39 Å². The highest BCUT2D eigenvalue weighted by atomic mass is 32.2. The van der Waals surface area contributed by atoms with Crippen molar-refractivity contribution >= 4 is 17.7 Å². The van der Waals surface area contributed by atoms with Crippen LogP contribution in [0.1, 0.15) is 16.6 Å². The average Bonchev–Trinajstić information content (AvgIpc) is 3.16. The highest BCUT2D eigenvalue weighted by Crippen LogP contribution is 2.36. The molecule has 2 heterocycles. The van der Waals surface area contributed by atoms with Gasteiger partial charge in [-0.1, -0.05) is 54.2 Å². The van der Waals surface area contributed by atoms with Gasteiger partial charge in [-0.2, -0.15) is 0 Å². The molecule has 2 N–H and O–H groups in total. The van der Waals surface area contributed by atoms with E-state index >= 15 is 0 Å². The van der Waals surface area contributed by atoms with E-state index in [2.05, 4.69) is 10.2 Å². The molecule has 0 bridgehead atoms. The van der Waals surface area contributed by atoms with Crippen LogP contribution in [0.3, 0.4) is 0 Å². The van der Waals surface area contributed by atoms with Gasteiger partial charge in [-0.25, -0.2) is 9.07 Å². The first-order chi connectivity index (χ1) is 15.1. The zero-order valence-electron chi connectivity index (χ0n) is 16.7. The van der Waals surface area contributed by atoms with Crippen LogP contribution < -0.4 is 10.6 Å². The molecule has 31 heavy (non-hydrogen) atoms. The van der Waals surface area contributed by atoms with Crippen molar-refractivity contribution in [2.24, 2.45) is 0 Å². The van der Waals surface area contributed by atoms with Gasteiger partial charge in [0.05, 0.1) is 13.2 Å². The fourth-order valence-corrected chi connectivity index (χ4v) is 4.19. The summed E-state index contributed by atoms with van der Waals surface area (Å²) >= 11 is 1.22. The molecule has 8 nitrogen and oxygen atoms in total. The quantitative estimate of drug-likeness (QED) is 0.443. The zero-order chi connectivity index (χ0) is 21.6. The maximum atomic E-state index is 13.8. The van der Waals surface area contributed by atoms with Crippen LogP contribution in [0.5, 0.6) is 5.75 Å². The molecule has 1 aliphatic rings. The van der Waals surface area contributed by atoms with Crippen molar-refractivity contribution in [3.63, 3.8) is 0 Å². The number of benzene rings is 2. The number of aromatic nitrogens is 3. The summed E-state index contributed by atoms with van der Waals surface area (Å²) in [6.45, 7) is 2.06. The molecular weight excluding hydrogens is 421 g/mol. The minimum atomic E-state index is -0.536. The molecule has 1 atom stereocenters. The van der Waals surface area contributed by atoms with Gasteiger partial charge in [-0.3, -0.25) is 4.79 Å². The molecule has 1 fully saturated rings. The van der Waals surface area contributed by atoms with Gasteiger partial charge < -0.3 is 20.2 Å². The van der Waals surface area contributed by atoms with Crippen molar-refractivity contribution in [3.8, 4) is 5.75 Å². The predicted octanol–water partition coefficient (Wildman–Crippen LogP) is 2.40. The molecule has 162 valence electrons. The molecule has 2 aromatic carbocycles. The number of halogens is 1. The van der Waals surface area contributed by atoms with Gasteiger partial charge in [-0.05, 0) is 17.7 Å². The molecule has 1 aromatic heterocycles. The summed E-state index contributed by atoms with van der Waals surface area (Å²) in [7, 11) is 0. The predicted molar refractivity (Wildman–Crippen MR) is 113 cm³/mol. The Balaban J connectivity index is 1.52.